The summed E-state index contributed by atoms with van der Waals surface area (Å²) >= 11 is 0. The molecule has 4 fully saturated rings. The van der Waals surface area contributed by atoms with Gasteiger partial charge in [-0.1, -0.05) is 13.8 Å². The number of hydrogen-bond acceptors (Lipinski definition) is 2. The highest BCUT2D eigenvalue weighted by atomic mass is 19.4. The van der Waals surface area contributed by atoms with Gasteiger partial charge in [0.05, 0.1) is 11.0 Å². The Morgan fingerprint density at radius 1 is 1.17 bits per heavy atom. The number of amides is 1. The van der Waals surface area contributed by atoms with Crippen LogP contribution in [0.15, 0.2) is 18.2 Å². The minimum Gasteiger partial charge on any atom is -0.334 e. The van der Waals surface area contributed by atoms with E-state index in [9.17, 15) is 18.0 Å². The van der Waals surface area contributed by atoms with Gasteiger partial charge in [0.25, 0.3) is 0 Å². The number of carbonyl (C=O) groups excluding carboxylic acids is 1. The number of benzene rings is 1. The minimum atomic E-state index is -4.52. The zero-order valence-electron chi connectivity index (χ0n) is 16.7. The van der Waals surface area contributed by atoms with E-state index in [1.165, 1.54) is 31.4 Å². The first-order valence-corrected chi connectivity index (χ1v) is 10.3. The van der Waals surface area contributed by atoms with Crippen molar-refractivity contribution < 1.29 is 18.0 Å². The number of hydrogen-bond donors (Lipinski definition) is 2. The van der Waals surface area contributed by atoms with Crippen molar-refractivity contribution in [2.24, 2.45) is 22.2 Å². The summed E-state index contributed by atoms with van der Waals surface area (Å²) in [7, 11) is 0. The molecule has 2 atom stereocenters. The Balaban J connectivity index is 1.33. The molecule has 2 unspecified atom stereocenters. The SMILES string of the molecule is CC12CC3CC(C)(C1)CC(CC(=O)Nc1ccc4nc(C(F)(F)F)[nH]c4c1)(C3)C2. The van der Waals surface area contributed by atoms with E-state index < -0.39 is 12.0 Å². The molecule has 156 valence electrons. The zero-order chi connectivity index (χ0) is 20.7. The molecule has 0 radical (unpaired) electrons. The van der Waals surface area contributed by atoms with Gasteiger partial charge in [-0.15, -0.1) is 0 Å². The summed E-state index contributed by atoms with van der Waals surface area (Å²) in [5, 5.41) is 2.91. The van der Waals surface area contributed by atoms with Gasteiger partial charge < -0.3 is 10.3 Å². The average molecular weight is 405 g/mol. The molecule has 6 rings (SSSR count). The van der Waals surface area contributed by atoms with E-state index in [1.807, 2.05) is 0 Å². The van der Waals surface area contributed by atoms with Crippen LogP contribution in [0.25, 0.3) is 11.0 Å². The van der Waals surface area contributed by atoms with Crippen molar-refractivity contribution in [3.05, 3.63) is 24.0 Å². The van der Waals surface area contributed by atoms with Gasteiger partial charge in [0.1, 0.15) is 0 Å². The third kappa shape index (κ3) is 3.32. The lowest BCUT2D eigenvalue weighted by Crippen LogP contribution is -2.55. The summed E-state index contributed by atoms with van der Waals surface area (Å²) in [6, 6.07) is 4.64. The maximum Gasteiger partial charge on any atom is 0.449 e. The van der Waals surface area contributed by atoms with Crippen LogP contribution in [-0.2, 0) is 11.0 Å². The standard InChI is InChI=1S/C22H26F3N3O/c1-19-6-13-7-20(2,10-19)12-21(8-13,11-19)9-17(29)26-14-3-4-15-16(5-14)28-18(27-15)22(23,24)25/h3-5,13H,6-12H2,1-2H3,(H,26,29)(H,27,28). The van der Waals surface area contributed by atoms with Crippen molar-refractivity contribution in [1.29, 1.82) is 0 Å². The zero-order valence-corrected chi connectivity index (χ0v) is 16.7. The van der Waals surface area contributed by atoms with Crippen molar-refractivity contribution in [2.75, 3.05) is 5.32 Å². The molecule has 7 heteroatoms. The van der Waals surface area contributed by atoms with Gasteiger partial charge in [-0.25, -0.2) is 4.98 Å². The molecular formula is C22H26F3N3O. The van der Waals surface area contributed by atoms with Crippen LogP contribution in [0.5, 0.6) is 0 Å². The van der Waals surface area contributed by atoms with Crippen molar-refractivity contribution in [3.8, 4) is 0 Å². The number of aromatic nitrogens is 2. The molecule has 1 heterocycles. The van der Waals surface area contributed by atoms with Gasteiger partial charge in [-0.3, -0.25) is 4.79 Å². The van der Waals surface area contributed by atoms with Crippen LogP contribution in [0.2, 0.25) is 0 Å². The Morgan fingerprint density at radius 2 is 1.86 bits per heavy atom. The molecule has 4 nitrogen and oxygen atoms in total. The van der Waals surface area contributed by atoms with Gasteiger partial charge in [0.2, 0.25) is 11.7 Å². The molecule has 29 heavy (non-hydrogen) atoms. The first kappa shape index (κ1) is 18.9. The summed E-state index contributed by atoms with van der Waals surface area (Å²) in [5.74, 6) is -0.351. The number of alkyl halides is 3. The van der Waals surface area contributed by atoms with Crippen LogP contribution in [0, 0.1) is 22.2 Å². The maximum atomic E-state index is 12.9. The summed E-state index contributed by atoms with van der Waals surface area (Å²) in [5.41, 5.74) is 1.76. The topological polar surface area (TPSA) is 57.8 Å². The van der Waals surface area contributed by atoms with E-state index in [0.29, 0.717) is 22.9 Å². The fraction of sp³-hybridized carbons (Fsp3) is 0.636. The van der Waals surface area contributed by atoms with Gasteiger partial charge in [0.15, 0.2) is 0 Å². The summed E-state index contributed by atoms with van der Waals surface area (Å²) in [6.07, 6.45) is 3.13. The fourth-order valence-electron chi connectivity index (χ4n) is 7.65. The van der Waals surface area contributed by atoms with Gasteiger partial charge in [-0.05, 0) is 78.9 Å². The quantitative estimate of drug-likeness (QED) is 0.667. The number of halogens is 3. The van der Waals surface area contributed by atoms with Gasteiger partial charge >= 0.3 is 6.18 Å². The molecule has 1 aromatic heterocycles. The molecule has 0 spiro atoms. The van der Waals surface area contributed by atoms with Crippen molar-refractivity contribution >= 4 is 22.6 Å². The number of anilines is 1. The highest BCUT2D eigenvalue weighted by Gasteiger charge is 2.60. The molecule has 4 bridgehead atoms. The number of carbonyl (C=O) groups is 1. The molecule has 4 aliphatic carbocycles. The summed E-state index contributed by atoms with van der Waals surface area (Å²) < 4.78 is 38.5. The number of nitrogens with zero attached hydrogens (tertiary/aromatic N) is 1. The van der Waals surface area contributed by atoms with Crippen molar-refractivity contribution in [2.45, 2.75) is 65.0 Å². The predicted molar refractivity (Wildman–Crippen MR) is 104 cm³/mol. The lowest BCUT2D eigenvalue weighted by molar-refractivity contribution is -0.153. The molecule has 4 saturated carbocycles. The van der Waals surface area contributed by atoms with Crippen LogP contribution in [0.4, 0.5) is 18.9 Å². The van der Waals surface area contributed by atoms with Crippen LogP contribution < -0.4 is 5.32 Å². The van der Waals surface area contributed by atoms with E-state index in [0.717, 1.165) is 25.2 Å². The Bertz CT molecular complexity index is 977. The molecule has 1 amide bonds. The molecule has 2 N–H and O–H groups in total. The first-order chi connectivity index (χ1) is 13.5. The second-order valence-corrected chi connectivity index (χ2v) is 10.7. The molecule has 0 aliphatic heterocycles. The highest BCUT2D eigenvalue weighted by Crippen LogP contribution is 2.70. The smallest absolute Gasteiger partial charge is 0.334 e. The number of aromatic amines is 1. The van der Waals surface area contributed by atoms with Gasteiger partial charge in [0, 0.05) is 12.1 Å². The average Bonchev–Trinajstić information content (AvgIpc) is 2.94. The second kappa shape index (κ2) is 5.76. The van der Waals surface area contributed by atoms with Gasteiger partial charge in [-0.2, -0.15) is 13.2 Å². The molecule has 0 saturated heterocycles. The molecule has 4 aliphatic rings. The van der Waals surface area contributed by atoms with E-state index in [-0.39, 0.29) is 22.4 Å². The Morgan fingerprint density at radius 3 is 2.48 bits per heavy atom. The Kier molecular flexibility index (Phi) is 3.76. The number of rotatable bonds is 3. The maximum absolute atomic E-state index is 12.9. The number of fused-ring (bicyclic) bond motifs is 1. The summed E-state index contributed by atoms with van der Waals surface area (Å²) in [4.78, 5) is 18.8. The fourth-order valence-corrected chi connectivity index (χ4v) is 7.65. The summed E-state index contributed by atoms with van der Waals surface area (Å²) in [6.45, 7) is 4.76. The van der Waals surface area contributed by atoms with Crippen LogP contribution in [-0.4, -0.2) is 15.9 Å². The van der Waals surface area contributed by atoms with Crippen LogP contribution >= 0.6 is 0 Å². The molecule has 2 aromatic rings. The Hall–Kier alpha value is -2.05. The van der Waals surface area contributed by atoms with Crippen LogP contribution in [0.3, 0.4) is 0 Å². The van der Waals surface area contributed by atoms with Crippen molar-refractivity contribution in [1.82, 2.24) is 9.97 Å². The molecule has 1 aromatic carbocycles. The first-order valence-electron chi connectivity index (χ1n) is 10.3. The normalized spacial score (nSPS) is 36.0. The molecular weight excluding hydrogens is 379 g/mol. The Labute approximate surface area is 167 Å². The van der Waals surface area contributed by atoms with E-state index in [1.54, 1.807) is 6.07 Å². The minimum absolute atomic E-state index is 0.0472. The number of nitrogens with one attached hydrogen (secondary N) is 2. The van der Waals surface area contributed by atoms with E-state index >= 15 is 0 Å². The third-order valence-corrected chi connectivity index (χ3v) is 7.31. The lowest BCUT2D eigenvalue weighted by atomic mass is 9.40. The second-order valence-electron chi connectivity index (χ2n) is 10.7. The number of H-pyrrole nitrogens is 1. The van der Waals surface area contributed by atoms with E-state index in [2.05, 4.69) is 29.1 Å². The third-order valence-electron chi connectivity index (χ3n) is 7.31. The van der Waals surface area contributed by atoms with Crippen molar-refractivity contribution in [3.63, 3.8) is 0 Å². The van der Waals surface area contributed by atoms with Crippen LogP contribution in [0.1, 0.15) is 64.6 Å². The monoisotopic (exact) mass is 405 g/mol. The highest BCUT2D eigenvalue weighted by molar-refractivity contribution is 5.93. The lowest BCUT2D eigenvalue weighted by Gasteiger charge is -2.65. The van der Waals surface area contributed by atoms with E-state index in [4.69, 9.17) is 0 Å². The largest absolute Gasteiger partial charge is 0.449 e. The predicted octanol–water partition coefficient (Wildman–Crippen LogP) is 5.91. The number of imidazole rings is 1.